The molecule has 1 aromatic carbocycles. The van der Waals surface area contributed by atoms with Crippen LogP contribution in [0.3, 0.4) is 0 Å². The lowest BCUT2D eigenvalue weighted by Crippen LogP contribution is -2.12. The molecule has 0 aliphatic rings. The average molecular weight is 475 g/mol. The van der Waals surface area contributed by atoms with Crippen molar-refractivity contribution >= 4 is 29.7 Å². The minimum atomic E-state index is -0.242. The van der Waals surface area contributed by atoms with Crippen molar-refractivity contribution in [1.29, 1.82) is 0 Å². The van der Waals surface area contributed by atoms with Crippen LogP contribution in [0.1, 0.15) is 123 Å². The van der Waals surface area contributed by atoms with E-state index >= 15 is 0 Å². The number of carbonyl (C=O) groups excluding carboxylic acids is 3. The zero-order chi connectivity index (χ0) is 24.9. The van der Waals surface area contributed by atoms with E-state index in [0.717, 1.165) is 12.8 Å². The lowest BCUT2D eigenvalue weighted by atomic mass is 10.0. The molecule has 0 aliphatic carbocycles. The van der Waals surface area contributed by atoms with Crippen molar-refractivity contribution in [1.82, 2.24) is 0 Å². The fraction of sp³-hybridized carbons (Fsp3) is 0.679. The van der Waals surface area contributed by atoms with Gasteiger partial charge in [-0.3, -0.25) is 14.4 Å². The Labute approximate surface area is 206 Å². The van der Waals surface area contributed by atoms with Crippen molar-refractivity contribution in [3.8, 4) is 5.75 Å². The van der Waals surface area contributed by atoms with Crippen LogP contribution in [0.4, 0.5) is 11.4 Å². The van der Waals surface area contributed by atoms with Gasteiger partial charge in [0.05, 0.1) is 0 Å². The number of anilines is 2. The number of unbranched alkanes of at least 4 members (excludes halogenated alkanes) is 15. The van der Waals surface area contributed by atoms with Gasteiger partial charge < -0.3 is 15.4 Å². The van der Waals surface area contributed by atoms with Crippen LogP contribution in [0.15, 0.2) is 18.2 Å². The Morgan fingerprint density at radius 2 is 1.15 bits per heavy atom. The molecule has 1 rings (SSSR count). The van der Waals surface area contributed by atoms with Gasteiger partial charge in [-0.05, 0) is 12.5 Å². The number of benzene rings is 1. The number of rotatable bonds is 21. The van der Waals surface area contributed by atoms with Gasteiger partial charge in [0.25, 0.3) is 6.47 Å². The van der Waals surface area contributed by atoms with Gasteiger partial charge in [0.1, 0.15) is 5.75 Å². The number of hydrogen-bond acceptors (Lipinski definition) is 4. The van der Waals surface area contributed by atoms with Crippen molar-refractivity contribution in [2.45, 2.75) is 123 Å². The summed E-state index contributed by atoms with van der Waals surface area (Å²) < 4.78 is 4.86. The molecule has 6 heteroatoms. The maximum Gasteiger partial charge on any atom is 0.298 e. The summed E-state index contributed by atoms with van der Waals surface area (Å²) in [6, 6.07) is 4.73. The Hall–Kier alpha value is -2.37. The van der Waals surface area contributed by atoms with E-state index in [0.29, 0.717) is 24.3 Å². The van der Waals surface area contributed by atoms with Crippen molar-refractivity contribution in [2.24, 2.45) is 0 Å². The van der Waals surface area contributed by atoms with Crippen LogP contribution < -0.4 is 15.4 Å². The number of carbonyl (C=O) groups is 3. The van der Waals surface area contributed by atoms with Gasteiger partial charge in [-0.25, -0.2) is 0 Å². The average Bonchev–Trinajstić information content (AvgIpc) is 2.78. The molecule has 0 fully saturated rings. The number of amides is 2. The lowest BCUT2D eigenvalue weighted by Gasteiger charge is -2.10. The summed E-state index contributed by atoms with van der Waals surface area (Å²) in [6.45, 7) is 3.97. The molecule has 0 aliphatic heterocycles. The highest BCUT2D eigenvalue weighted by Gasteiger charge is 2.07. The summed E-state index contributed by atoms with van der Waals surface area (Å²) in [7, 11) is 0. The summed E-state index contributed by atoms with van der Waals surface area (Å²) in [5.74, 6) is -0.0601. The van der Waals surface area contributed by atoms with E-state index in [2.05, 4.69) is 17.6 Å². The molecule has 2 amide bonds. The van der Waals surface area contributed by atoms with Crippen LogP contribution in [-0.2, 0) is 14.4 Å². The highest BCUT2D eigenvalue weighted by molar-refractivity contribution is 5.93. The summed E-state index contributed by atoms with van der Waals surface area (Å²) in [4.78, 5) is 34.2. The second-order valence-electron chi connectivity index (χ2n) is 9.24. The van der Waals surface area contributed by atoms with Gasteiger partial charge >= 0.3 is 0 Å². The fourth-order valence-corrected chi connectivity index (χ4v) is 4.13. The molecule has 0 saturated carbocycles. The SMILES string of the molecule is CCCCCCCCCCCCCCCCCCC(=O)Nc1cc(NC(C)=O)cc(OC=O)c1. The third-order valence-corrected chi connectivity index (χ3v) is 5.95. The maximum atomic E-state index is 12.3. The molecule has 0 atom stereocenters. The maximum absolute atomic E-state index is 12.3. The van der Waals surface area contributed by atoms with Crippen molar-refractivity contribution in [3.63, 3.8) is 0 Å². The Morgan fingerprint density at radius 3 is 1.59 bits per heavy atom. The van der Waals surface area contributed by atoms with Crippen LogP contribution in [0.5, 0.6) is 5.75 Å². The van der Waals surface area contributed by atoms with Gasteiger partial charge in [-0.15, -0.1) is 0 Å². The van der Waals surface area contributed by atoms with E-state index in [-0.39, 0.29) is 17.6 Å². The summed E-state index contributed by atoms with van der Waals surface area (Å²) in [6.07, 6.45) is 21.3. The molecule has 0 radical (unpaired) electrons. The minimum absolute atomic E-state index is 0.0811. The first-order chi connectivity index (χ1) is 16.5. The molecule has 0 bridgehead atoms. The minimum Gasteiger partial charge on any atom is -0.429 e. The van der Waals surface area contributed by atoms with Gasteiger partial charge in [-0.1, -0.05) is 103 Å². The van der Waals surface area contributed by atoms with Crippen molar-refractivity contribution < 1.29 is 19.1 Å². The molecular formula is C28H46N2O4. The van der Waals surface area contributed by atoms with Crippen LogP contribution in [0.2, 0.25) is 0 Å². The van der Waals surface area contributed by atoms with Crippen LogP contribution in [0.25, 0.3) is 0 Å². The molecule has 0 spiro atoms. The highest BCUT2D eigenvalue weighted by atomic mass is 16.5. The number of nitrogens with one attached hydrogen (secondary N) is 2. The second kappa shape index (κ2) is 20.0. The monoisotopic (exact) mass is 474 g/mol. The molecular weight excluding hydrogens is 428 g/mol. The molecule has 192 valence electrons. The molecule has 1 aromatic rings. The van der Waals surface area contributed by atoms with Gasteiger partial charge in [0, 0.05) is 36.9 Å². The van der Waals surface area contributed by atoms with Crippen molar-refractivity contribution in [2.75, 3.05) is 10.6 Å². The van der Waals surface area contributed by atoms with E-state index in [1.54, 1.807) is 12.1 Å². The smallest absolute Gasteiger partial charge is 0.298 e. The lowest BCUT2D eigenvalue weighted by molar-refractivity contribution is -0.120. The molecule has 0 aromatic heterocycles. The topological polar surface area (TPSA) is 84.5 Å². The van der Waals surface area contributed by atoms with E-state index in [1.807, 2.05) is 0 Å². The van der Waals surface area contributed by atoms with E-state index in [4.69, 9.17) is 4.74 Å². The molecule has 0 heterocycles. The Morgan fingerprint density at radius 1 is 0.706 bits per heavy atom. The normalized spacial score (nSPS) is 10.6. The summed E-state index contributed by atoms with van der Waals surface area (Å²) in [5, 5.41) is 5.45. The zero-order valence-corrected chi connectivity index (χ0v) is 21.5. The van der Waals surface area contributed by atoms with Crippen LogP contribution in [0, 0.1) is 0 Å². The number of ether oxygens (including phenoxy) is 1. The molecule has 0 saturated heterocycles. The first-order valence-corrected chi connectivity index (χ1v) is 13.4. The Bertz CT molecular complexity index is 706. The van der Waals surface area contributed by atoms with E-state index in [9.17, 15) is 14.4 Å². The Kier molecular flexibility index (Phi) is 17.5. The van der Waals surface area contributed by atoms with Crippen LogP contribution >= 0.6 is 0 Å². The molecule has 0 unspecified atom stereocenters. The Balaban J connectivity index is 2.05. The molecule has 2 N–H and O–H groups in total. The second-order valence-corrected chi connectivity index (χ2v) is 9.24. The van der Waals surface area contributed by atoms with Crippen molar-refractivity contribution in [3.05, 3.63) is 18.2 Å². The van der Waals surface area contributed by atoms with Crippen LogP contribution in [-0.4, -0.2) is 18.3 Å². The van der Waals surface area contributed by atoms with Gasteiger partial charge in [0.2, 0.25) is 11.8 Å². The quantitative estimate of drug-likeness (QED) is 0.141. The largest absolute Gasteiger partial charge is 0.429 e. The first kappa shape index (κ1) is 29.7. The number of hydrogen-bond donors (Lipinski definition) is 2. The summed E-state index contributed by atoms with van der Waals surface area (Å²) in [5.41, 5.74) is 0.953. The van der Waals surface area contributed by atoms with Gasteiger partial charge in [0.15, 0.2) is 0 Å². The predicted octanol–water partition coefficient (Wildman–Crippen LogP) is 7.77. The standard InChI is InChI=1S/C28H46N2O4/c1-3-4-5-6-7-8-9-10-11-12-13-14-15-16-17-18-19-28(33)30-26-20-25(29-24(2)32)21-27(22-26)34-23-31/h20-23H,3-19H2,1-2H3,(H,29,32)(H,30,33). The predicted molar refractivity (Wildman–Crippen MR) is 140 cm³/mol. The van der Waals surface area contributed by atoms with E-state index < -0.39 is 0 Å². The molecule has 34 heavy (non-hydrogen) atoms. The van der Waals surface area contributed by atoms with E-state index in [1.165, 1.54) is 103 Å². The third-order valence-electron chi connectivity index (χ3n) is 5.95. The van der Waals surface area contributed by atoms with Gasteiger partial charge in [-0.2, -0.15) is 0 Å². The highest BCUT2D eigenvalue weighted by Crippen LogP contribution is 2.25. The zero-order valence-electron chi connectivity index (χ0n) is 21.5. The third kappa shape index (κ3) is 16.3. The molecule has 6 nitrogen and oxygen atoms in total. The first-order valence-electron chi connectivity index (χ1n) is 13.4. The summed E-state index contributed by atoms with van der Waals surface area (Å²) >= 11 is 0. The fourth-order valence-electron chi connectivity index (χ4n) is 4.13.